The molecule has 1 fully saturated rings. The van der Waals surface area contributed by atoms with E-state index in [0.717, 1.165) is 12.8 Å². The number of benzene rings is 1. The number of nitrogens with zero attached hydrogens (tertiary/aromatic N) is 1. The average molecular weight is 288 g/mol. The topological polar surface area (TPSA) is 32.3 Å². The summed E-state index contributed by atoms with van der Waals surface area (Å²) in [5.41, 5.74) is 2.52. The van der Waals surface area contributed by atoms with E-state index in [0.29, 0.717) is 5.92 Å². The molecule has 3 atom stereocenters. The van der Waals surface area contributed by atoms with Gasteiger partial charge in [-0.25, -0.2) is 0 Å². The summed E-state index contributed by atoms with van der Waals surface area (Å²) in [5, 5.41) is 3.50. The molecule has 0 radical (unpaired) electrons. The molecule has 1 aromatic carbocycles. The standard InChI is InChI=1S/C18H28N2O/c1-6-13(5)20-17(19-16(7-2)18(20)21)15-10-8-14(9-11-15)12(3)4/h8-13,16-17,19H,6-7H2,1-5H3. The number of carbonyl (C=O) groups is 1. The van der Waals surface area contributed by atoms with Crippen LogP contribution in [0.15, 0.2) is 24.3 Å². The van der Waals surface area contributed by atoms with E-state index < -0.39 is 0 Å². The third kappa shape index (κ3) is 3.13. The summed E-state index contributed by atoms with van der Waals surface area (Å²) < 4.78 is 0. The Kier molecular flexibility index (Phi) is 5.04. The van der Waals surface area contributed by atoms with E-state index in [9.17, 15) is 4.79 Å². The average Bonchev–Trinajstić information content (AvgIpc) is 2.83. The SMILES string of the molecule is CCC1NC(c2ccc(C(C)C)cc2)N(C(C)CC)C1=O. The van der Waals surface area contributed by atoms with Crippen LogP contribution in [0.4, 0.5) is 0 Å². The second-order valence-corrected chi connectivity index (χ2v) is 6.35. The minimum absolute atomic E-state index is 0.0126. The molecule has 1 aliphatic rings. The lowest BCUT2D eigenvalue weighted by atomic mass is 10.0. The van der Waals surface area contributed by atoms with Crippen LogP contribution in [-0.2, 0) is 4.79 Å². The zero-order chi connectivity index (χ0) is 15.6. The first-order valence-corrected chi connectivity index (χ1v) is 8.17. The minimum Gasteiger partial charge on any atom is -0.319 e. The van der Waals surface area contributed by atoms with Crippen LogP contribution in [0, 0.1) is 0 Å². The van der Waals surface area contributed by atoms with Gasteiger partial charge in [-0.05, 0) is 36.8 Å². The van der Waals surface area contributed by atoms with E-state index in [4.69, 9.17) is 0 Å². The maximum absolute atomic E-state index is 12.6. The summed E-state index contributed by atoms with van der Waals surface area (Å²) in [7, 11) is 0. The van der Waals surface area contributed by atoms with Crippen LogP contribution in [0.2, 0.25) is 0 Å². The highest BCUT2D eigenvalue weighted by Gasteiger charge is 2.40. The molecule has 3 heteroatoms. The lowest BCUT2D eigenvalue weighted by Gasteiger charge is -2.30. The molecule has 0 spiro atoms. The fourth-order valence-corrected chi connectivity index (χ4v) is 2.93. The van der Waals surface area contributed by atoms with Crippen molar-refractivity contribution in [2.75, 3.05) is 0 Å². The number of amides is 1. The summed E-state index contributed by atoms with van der Waals surface area (Å²) >= 11 is 0. The van der Waals surface area contributed by atoms with Crippen LogP contribution in [0.1, 0.15) is 70.7 Å². The van der Waals surface area contributed by atoms with Crippen LogP contribution in [0.3, 0.4) is 0 Å². The fourth-order valence-electron chi connectivity index (χ4n) is 2.93. The Hall–Kier alpha value is -1.35. The van der Waals surface area contributed by atoms with Gasteiger partial charge < -0.3 is 4.90 Å². The summed E-state index contributed by atoms with van der Waals surface area (Å²) in [5.74, 6) is 0.774. The molecule has 116 valence electrons. The van der Waals surface area contributed by atoms with Gasteiger partial charge in [-0.2, -0.15) is 0 Å². The Bertz CT molecular complexity index is 480. The van der Waals surface area contributed by atoms with Crippen LogP contribution >= 0.6 is 0 Å². The first kappa shape index (κ1) is 16.0. The van der Waals surface area contributed by atoms with Gasteiger partial charge in [0.1, 0.15) is 6.17 Å². The van der Waals surface area contributed by atoms with E-state index in [-0.39, 0.29) is 24.2 Å². The molecule has 3 unspecified atom stereocenters. The van der Waals surface area contributed by atoms with Crippen molar-refractivity contribution in [1.82, 2.24) is 10.2 Å². The predicted molar refractivity (Wildman–Crippen MR) is 87.1 cm³/mol. The van der Waals surface area contributed by atoms with Gasteiger partial charge in [0.25, 0.3) is 0 Å². The Morgan fingerprint density at radius 2 is 1.76 bits per heavy atom. The summed E-state index contributed by atoms with van der Waals surface area (Å²) in [4.78, 5) is 14.6. The van der Waals surface area contributed by atoms with Crippen LogP contribution in [0.5, 0.6) is 0 Å². The first-order valence-electron chi connectivity index (χ1n) is 8.17. The second-order valence-electron chi connectivity index (χ2n) is 6.35. The number of carbonyl (C=O) groups excluding carboxylic acids is 1. The van der Waals surface area contributed by atoms with Gasteiger partial charge in [0.05, 0.1) is 6.04 Å². The lowest BCUT2D eigenvalue weighted by Crippen LogP contribution is -2.38. The normalized spacial score (nSPS) is 23.9. The van der Waals surface area contributed by atoms with Crippen molar-refractivity contribution in [1.29, 1.82) is 0 Å². The highest BCUT2D eigenvalue weighted by molar-refractivity contribution is 5.84. The van der Waals surface area contributed by atoms with Gasteiger partial charge in [0.15, 0.2) is 0 Å². The molecule has 0 saturated carbocycles. The molecule has 2 rings (SSSR count). The number of hydrogen-bond donors (Lipinski definition) is 1. The van der Waals surface area contributed by atoms with Crippen molar-refractivity contribution in [2.24, 2.45) is 0 Å². The molecule has 1 saturated heterocycles. The zero-order valence-corrected chi connectivity index (χ0v) is 13.9. The predicted octanol–water partition coefficient (Wildman–Crippen LogP) is 3.82. The van der Waals surface area contributed by atoms with Gasteiger partial charge >= 0.3 is 0 Å². The van der Waals surface area contributed by atoms with Gasteiger partial charge in [-0.15, -0.1) is 0 Å². The molecule has 1 aromatic rings. The van der Waals surface area contributed by atoms with Gasteiger partial charge in [0, 0.05) is 6.04 Å². The monoisotopic (exact) mass is 288 g/mol. The maximum Gasteiger partial charge on any atom is 0.241 e. The van der Waals surface area contributed by atoms with Crippen molar-refractivity contribution in [2.45, 2.75) is 71.6 Å². The smallest absolute Gasteiger partial charge is 0.241 e. The van der Waals surface area contributed by atoms with Crippen LogP contribution in [-0.4, -0.2) is 22.9 Å². The number of rotatable bonds is 5. The molecule has 1 amide bonds. The molecule has 0 aliphatic carbocycles. The van der Waals surface area contributed by atoms with Crippen LogP contribution in [0.25, 0.3) is 0 Å². The molecular weight excluding hydrogens is 260 g/mol. The summed E-state index contributed by atoms with van der Waals surface area (Å²) in [6.07, 6.45) is 1.83. The van der Waals surface area contributed by atoms with Crippen molar-refractivity contribution >= 4 is 5.91 Å². The zero-order valence-electron chi connectivity index (χ0n) is 13.9. The van der Waals surface area contributed by atoms with E-state index >= 15 is 0 Å². The second kappa shape index (κ2) is 6.61. The minimum atomic E-state index is -0.0474. The third-order valence-corrected chi connectivity index (χ3v) is 4.58. The molecule has 0 aromatic heterocycles. The molecule has 1 aliphatic heterocycles. The Balaban J connectivity index is 2.29. The van der Waals surface area contributed by atoms with Crippen LogP contribution < -0.4 is 5.32 Å². The Labute approximate surface area is 128 Å². The van der Waals surface area contributed by atoms with E-state index in [1.807, 2.05) is 4.90 Å². The van der Waals surface area contributed by atoms with Crippen molar-refractivity contribution in [3.63, 3.8) is 0 Å². The highest BCUT2D eigenvalue weighted by atomic mass is 16.2. The molecular formula is C18H28N2O. The Morgan fingerprint density at radius 3 is 2.24 bits per heavy atom. The third-order valence-electron chi connectivity index (χ3n) is 4.58. The fraction of sp³-hybridized carbons (Fsp3) is 0.611. The van der Waals surface area contributed by atoms with E-state index in [1.165, 1.54) is 11.1 Å². The van der Waals surface area contributed by atoms with Gasteiger partial charge in [-0.3, -0.25) is 10.1 Å². The number of nitrogens with one attached hydrogen (secondary N) is 1. The molecule has 3 nitrogen and oxygen atoms in total. The molecule has 1 N–H and O–H groups in total. The molecule has 1 heterocycles. The van der Waals surface area contributed by atoms with Crippen molar-refractivity contribution in [3.8, 4) is 0 Å². The van der Waals surface area contributed by atoms with E-state index in [2.05, 4.69) is 64.2 Å². The summed E-state index contributed by atoms with van der Waals surface area (Å²) in [6.45, 7) is 10.7. The maximum atomic E-state index is 12.6. The highest BCUT2D eigenvalue weighted by Crippen LogP contribution is 2.30. The van der Waals surface area contributed by atoms with E-state index in [1.54, 1.807) is 0 Å². The number of hydrogen-bond acceptors (Lipinski definition) is 2. The first-order chi connectivity index (χ1) is 9.99. The van der Waals surface area contributed by atoms with Crippen molar-refractivity contribution < 1.29 is 4.79 Å². The Morgan fingerprint density at radius 1 is 1.14 bits per heavy atom. The summed E-state index contributed by atoms with van der Waals surface area (Å²) in [6, 6.07) is 8.90. The largest absolute Gasteiger partial charge is 0.319 e. The van der Waals surface area contributed by atoms with Gasteiger partial charge in [-0.1, -0.05) is 52.0 Å². The molecule has 21 heavy (non-hydrogen) atoms. The lowest BCUT2D eigenvalue weighted by molar-refractivity contribution is -0.132. The van der Waals surface area contributed by atoms with Crippen molar-refractivity contribution in [3.05, 3.63) is 35.4 Å². The molecule has 0 bridgehead atoms. The van der Waals surface area contributed by atoms with Gasteiger partial charge in [0.2, 0.25) is 5.91 Å². The quantitative estimate of drug-likeness (QED) is 0.893.